The highest BCUT2D eigenvalue weighted by molar-refractivity contribution is 5.59. The molecule has 15 heavy (non-hydrogen) atoms. The van der Waals surface area contributed by atoms with Gasteiger partial charge in [0.15, 0.2) is 0 Å². The van der Waals surface area contributed by atoms with E-state index in [-0.39, 0.29) is 0 Å². The first kappa shape index (κ1) is 15.1. The molecule has 1 aromatic rings. The summed E-state index contributed by atoms with van der Waals surface area (Å²) < 4.78 is 0. The lowest BCUT2D eigenvalue weighted by atomic mass is 10.2. The molecule has 6 N–H and O–H groups in total. The van der Waals surface area contributed by atoms with E-state index in [1.54, 1.807) is 0 Å². The predicted octanol–water partition coefficient (Wildman–Crippen LogP) is 0.961. The number of hydrogen-bond acceptors (Lipinski definition) is 6. The number of rotatable bonds is 0. The summed E-state index contributed by atoms with van der Waals surface area (Å²) in [7, 11) is 0. The maximum absolute atomic E-state index is 8.35. The minimum absolute atomic E-state index is 0.750. The molecule has 0 aliphatic carbocycles. The third-order valence-electron chi connectivity index (χ3n) is 1.42. The molecule has 0 radical (unpaired) electrons. The van der Waals surface area contributed by atoms with Crippen LogP contribution in [-0.2, 0) is 9.59 Å². The Labute approximate surface area is 86.9 Å². The number of anilines is 2. The van der Waals surface area contributed by atoms with Gasteiger partial charge in [-0.25, -0.2) is 20.4 Å². The quantitative estimate of drug-likeness (QED) is 0.287. The number of nitrogens with two attached hydrogens (primary N) is 2. The molecule has 80 valence electrons. The number of isocyanates is 2. The van der Waals surface area contributed by atoms with Crippen LogP contribution in [0.3, 0.4) is 0 Å². The summed E-state index contributed by atoms with van der Waals surface area (Å²) >= 11 is 0. The van der Waals surface area contributed by atoms with Gasteiger partial charge < -0.3 is 11.5 Å². The maximum atomic E-state index is 8.35. The molecule has 0 saturated carbocycles. The average molecular weight is 208 g/mol. The highest BCUT2D eigenvalue weighted by Gasteiger charge is 1.93. The fourth-order valence-corrected chi connectivity index (χ4v) is 0.672. The zero-order valence-corrected chi connectivity index (χ0v) is 8.20. The predicted molar refractivity (Wildman–Crippen MR) is 56.8 cm³/mol. The van der Waals surface area contributed by atoms with E-state index in [2.05, 4.69) is 0 Å². The standard InChI is InChI=1S/C7H10N2.2CHNO/c1-5-6(8)3-2-4-7(5)9;2*2-1-3/h2-4H,8-9H2,1H3;2*2H. The van der Waals surface area contributed by atoms with Gasteiger partial charge >= 0.3 is 0 Å². The molecule has 6 heteroatoms. The van der Waals surface area contributed by atoms with Crippen molar-refractivity contribution in [2.75, 3.05) is 11.5 Å². The molecule has 1 rings (SSSR count). The molecule has 0 saturated heterocycles. The maximum Gasteiger partial charge on any atom is 0.231 e. The van der Waals surface area contributed by atoms with Crippen molar-refractivity contribution in [2.45, 2.75) is 6.92 Å². The van der Waals surface area contributed by atoms with Crippen LogP contribution in [0.1, 0.15) is 5.56 Å². The minimum atomic E-state index is 0.750. The molecular weight excluding hydrogens is 196 g/mol. The van der Waals surface area contributed by atoms with Crippen LogP contribution >= 0.6 is 0 Å². The van der Waals surface area contributed by atoms with Gasteiger partial charge in [-0.15, -0.1) is 0 Å². The number of carbonyl (C=O) groups excluding carboxylic acids is 2. The third-order valence-corrected chi connectivity index (χ3v) is 1.42. The van der Waals surface area contributed by atoms with E-state index < -0.39 is 0 Å². The lowest BCUT2D eigenvalue weighted by Crippen LogP contribution is -1.94. The Balaban J connectivity index is 0. The van der Waals surface area contributed by atoms with Crippen LogP contribution < -0.4 is 11.5 Å². The lowest BCUT2D eigenvalue weighted by Gasteiger charge is -2.00. The van der Waals surface area contributed by atoms with Crippen molar-refractivity contribution >= 4 is 23.5 Å². The Bertz CT molecular complexity index is 332. The Kier molecular flexibility index (Phi) is 9.71. The molecule has 0 heterocycles. The van der Waals surface area contributed by atoms with E-state index in [0.29, 0.717) is 0 Å². The first-order valence-corrected chi connectivity index (χ1v) is 3.73. The molecule has 0 atom stereocenters. The largest absolute Gasteiger partial charge is 0.398 e. The molecule has 0 bridgehead atoms. The molecule has 0 aliphatic rings. The third kappa shape index (κ3) is 7.93. The fraction of sp³-hybridized carbons (Fsp3) is 0.111. The first-order chi connectivity index (χ1) is 7.04. The number of nitrogen functional groups attached to an aromatic ring is 2. The van der Waals surface area contributed by atoms with E-state index in [0.717, 1.165) is 29.1 Å². The SMILES string of the molecule is Cc1c(N)cccc1N.N=C=O.N=C=O. The van der Waals surface area contributed by atoms with Gasteiger partial charge in [-0.05, 0) is 24.6 Å². The Morgan fingerprint density at radius 1 is 1.07 bits per heavy atom. The summed E-state index contributed by atoms with van der Waals surface area (Å²) in [6.07, 6.45) is 1.50. The average Bonchev–Trinajstić information content (AvgIpc) is 2.17. The highest BCUT2D eigenvalue weighted by Crippen LogP contribution is 2.16. The van der Waals surface area contributed by atoms with Crippen LogP contribution in [-0.4, -0.2) is 12.2 Å². The van der Waals surface area contributed by atoms with Gasteiger partial charge in [-0.2, -0.15) is 0 Å². The second-order valence-corrected chi connectivity index (χ2v) is 2.27. The van der Waals surface area contributed by atoms with Crippen molar-refractivity contribution in [2.24, 2.45) is 0 Å². The van der Waals surface area contributed by atoms with Crippen molar-refractivity contribution < 1.29 is 9.59 Å². The number of benzene rings is 1. The van der Waals surface area contributed by atoms with Crippen molar-refractivity contribution in [1.82, 2.24) is 0 Å². The van der Waals surface area contributed by atoms with Crippen molar-refractivity contribution in [1.29, 1.82) is 10.8 Å². The summed E-state index contributed by atoms with van der Waals surface area (Å²) in [5.41, 5.74) is 13.6. The molecule has 1 aromatic carbocycles. The van der Waals surface area contributed by atoms with Crippen LogP contribution in [0, 0.1) is 17.7 Å². The molecule has 0 spiro atoms. The van der Waals surface area contributed by atoms with Gasteiger partial charge in [-0.1, -0.05) is 6.07 Å². The monoisotopic (exact) mass is 208 g/mol. The Morgan fingerprint density at radius 3 is 1.53 bits per heavy atom. The van der Waals surface area contributed by atoms with Crippen molar-refractivity contribution in [3.8, 4) is 0 Å². The molecule has 0 aromatic heterocycles. The second kappa shape index (κ2) is 9.67. The summed E-state index contributed by atoms with van der Waals surface area (Å²) in [6.45, 7) is 1.91. The molecule has 0 unspecified atom stereocenters. The lowest BCUT2D eigenvalue weighted by molar-refractivity contribution is 0.562. The van der Waals surface area contributed by atoms with E-state index in [9.17, 15) is 0 Å². The topological polar surface area (TPSA) is 134 Å². The van der Waals surface area contributed by atoms with Crippen molar-refractivity contribution in [3.05, 3.63) is 23.8 Å². The van der Waals surface area contributed by atoms with E-state index in [1.807, 2.05) is 25.1 Å². The Hall–Kier alpha value is -2.42. The highest BCUT2D eigenvalue weighted by atomic mass is 16.1. The number of hydrogen-bond donors (Lipinski definition) is 4. The van der Waals surface area contributed by atoms with Gasteiger partial charge in [0.05, 0.1) is 0 Å². The molecule has 0 amide bonds. The minimum Gasteiger partial charge on any atom is -0.398 e. The number of nitrogens with one attached hydrogen (secondary N) is 2. The van der Waals surface area contributed by atoms with Gasteiger partial charge in [0.2, 0.25) is 12.2 Å². The summed E-state index contributed by atoms with van der Waals surface area (Å²) in [5.74, 6) is 0. The normalized spacial score (nSPS) is 6.73. The van der Waals surface area contributed by atoms with Gasteiger partial charge in [0, 0.05) is 11.4 Å². The zero-order chi connectivity index (χ0) is 12.3. The smallest absolute Gasteiger partial charge is 0.231 e. The summed E-state index contributed by atoms with van der Waals surface area (Å²) in [4.78, 5) is 16.7. The molecular formula is C9H12N4O2. The van der Waals surface area contributed by atoms with Crippen LogP contribution in [0.2, 0.25) is 0 Å². The van der Waals surface area contributed by atoms with E-state index >= 15 is 0 Å². The van der Waals surface area contributed by atoms with Crippen LogP contribution in [0.5, 0.6) is 0 Å². The molecule has 0 aliphatic heterocycles. The summed E-state index contributed by atoms with van der Waals surface area (Å²) in [5, 5.41) is 10.8. The Morgan fingerprint density at radius 2 is 1.33 bits per heavy atom. The van der Waals surface area contributed by atoms with E-state index in [4.69, 9.17) is 31.9 Å². The molecule has 0 fully saturated rings. The van der Waals surface area contributed by atoms with Gasteiger partial charge in [-0.3, -0.25) is 0 Å². The zero-order valence-electron chi connectivity index (χ0n) is 8.20. The fourth-order valence-electron chi connectivity index (χ4n) is 0.672. The molecule has 6 nitrogen and oxygen atoms in total. The van der Waals surface area contributed by atoms with Crippen LogP contribution in [0.15, 0.2) is 18.2 Å². The van der Waals surface area contributed by atoms with Gasteiger partial charge in [0.25, 0.3) is 0 Å². The van der Waals surface area contributed by atoms with Crippen LogP contribution in [0.25, 0.3) is 0 Å². The van der Waals surface area contributed by atoms with Gasteiger partial charge in [0.1, 0.15) is 0 Å². The van der Waals surface area contributed by atoms with Crippen LogP contribution in [0.4, 0.5) is 11.4 Å². The first-order valence-electron chi connectivity index (χ1n) is 3.73. The van der Waals surface area contributed by atoms with Crippen molar-refractivity contribution in [3.63, 3.8) is 0 Å². The summed E-state index contributed by atoms with van der Waals surface area (Å²) in [6, 6.07) is 5.52. The second-order valence-electron chi connectivity index (χ2n) is 2.27. The van der Waals surface area contributed by atoms with E-state index in [1.165, 1.54) is 0 Å².